The van der Waals surface area contributed by atoms with E-state index in [1.165, 1.54) is 9.71 Å². The first kappa shape index (κ1) is 19.4. The summed E-state index contributed by atoms with van der Waals surface area (Å²) in [5.74, 6) is -0.240. The van der Waals surface area contributed by atoms with Crippen molar-refractivity contribution in [3.8, 4) is 0 Å². The Bertz CT molecular complexity index is 758. The second-order valence-corrected chi connectivity index (χ2v) is 8.79. The summed E-state index contributed by atoms with van der Waals surface area (Å²) < 4.78 is 32.0. The zero-order valence-corrected chi connectivity index (χ0v) is 16.1. The minimum atomic E-state index is -3.56. The number of morpholine rings is 1. The van der Waals surface area contributed by atoms with Gasteiger partial charge in [0.2, 0.25) is 15.9 Å². The summed E-state index contributed by atoms with van der Waals surface area (Å²) in [4.78, 5) is 14.4. The number of ether oxygens (including phenoxy) is 1. The van der Waals surface area contributed by atoms with Crippen LogP contribution < -0.4 is 0 Å². The lowest BCUT2D eigenvalue weighted by Crippen LogP contribution is -2.49. The topological polar surface area (TPSA) is 66.9 Å². The monoisotopic (exact) mass is 398 g/mol. The van der Waals surface area contributed by atoms with Crippen LogP contribution in [0.4, 0.5) is 0 Å². The van der Waals surface area contributed by atoms with Gasteiger partial charge in [0.25, 0.3) is 0 Å². The molecule has 1 aromatic carbocycles. The summed E-state index contributed by atoms with van der Waals surface area (Å²) in [6, 6.07) is 6.95. The Morgan fingerprint density at radius 1 is 1.15 bits per heavy atom. The zero-order chi connectivity index (χ0) is 18.6. The average molecular weight is 399 g/mol. The van der Waals surface area contributed by atoms with Crippen LogP contribution >= 0.6 is 11.6 Å². The molecule has 142 valence electrons. The van der Waals surface area contributed by atoms with Gasteiger partial charge in [0.05, 0.1) is 19.1 Å². The molecule has 0 spiro atoms. The standard InChI is InChI=1S/C18H23ClN2O4S/c19-17-5-3-15(4-6-17)7-13-26(23,24)21-8-1-2-16(14-21)18(22)20-9-11-25-12-10-20/h3-7,13,16H,1-2,8-12,14H2. The smallest absolute Gasteiger partial charge is 0.236 e. The molecule has 1 atom stereocenters. The molecule has 2 aliphatic heterocycles. The third-order valence-electron chi connectivity index (χ3n) is 4.72. The van der Waals surface area contributed by atoms with Gasteiger partial charge in [-0.3, -0.25) is 4.79 Å². The SMILES string of the molecule is O=C(C1CCCN(S(=O)(=O)C=Cc2ccc(Cl)cc2)C1)N1CCOCC1. The molecule has 2 heterocycles. The van der Waals surface area contributed by atoms with Gasteiger partial charge in [0, 0.05) is 36.6 Å². The summed E-state index contributed by atoms with van der Waals surface area (Å²) in [5.41, 5.74) is 0.760. The van der Waals surface area contributed by atoms with Gasteiger partial charge in [0.1, 0.15) is 0 Å². The molecule has 1 unspecified atom stereocenters. The fourth-order valence-electron chi connectivity index (χ4n) is 3.24. The van der Waals surface area contributed by atoms with Crippen LogP contribution in [0.3, 0.4) is 0 Å². The van der Waals surface area contributed by atoms with E-state index in [-0.39, 0.29) is 18.4 Å². The number of piperidine rings is 1. The van der Waals surface area contributed by atoms with Crippen molar-refractivity contribution in [3.63, 3.8) is 0 Å². The van der Waals surface area contributed by atoms with E-state index in [9.17, 15) is 13.2 Å². The Hall–Kier alpha value is -1.41. The highest BCUT2D eigenvalue weighted by molar-refractivity contribution is 7.92. The predicted octanol–water partition coefficient (Wildman–Crippen LogP) is 2.21. The summed E-state index contributed by atoms with van der Waals surface area (Å²) in [6.07, 6.45) is 2.97. The van der Waals surface area contributed by atoms with E-state index in [0.717, 1.165) is 12.0 Å². The maximum atomic E-state index is 12.7. The fourth-order valence-corrected chi connectivity index (χ4v) is 4.64. The predicted molar refractivity (Wildman–Crippen MR) is 101 cm³/mol. The van der Waals surface area contributed by atoms with Gasteiger partial charge in [-0.2, -0.15) is 4.31 Å². The highest BCUT2D eigenvalue weighted by Gasteiger charge is 2.33. The van der Waals surface area contributed by atoms with E-state index < -0.39 is 10.0 Å². The van der Waals surface area contributed by atoms with Gasteiger partial charge >= 0.3 is 0 Å². The summed E-state index contributed by atoms with van der Waals surface area (Å²) in [5, 5.41) is 1.81. The van der Waals surface area contributed by atoms with Crippen LogP contribution in [0, 0.1) is 5.92 Å². The lowest BCUT2D eigenvalue weighted by molar-refractivity contribution is -0.140. The van der Waals surface area contributed by atoms with Crippen LogP contribution in [0.5, 0.6) is 0 Å². The van der Waals surface area contributed by atoms with Crippen molar-refractivity contribution in [2.24, 2.45) is 5.92 Å². The number of rotatable bonds is 4. The van der Waals surface area contributed by atoms with Crippen LogP contribution in [0.1, 0.15) is 18.4 Å². The van der Waals surface area contributed by atoms with Crippen molar-refractivity contribution in [2.45, 2.75) is 12.8 Å². The molecule has 6 nitrogen and oxygen atoms in total. The third-order valence-corrected chi connectivity index (χ3v) is 6.50. The molecular weight excluding hydrogens is 376 g/mol. The number of hydrogen-bond donors (Lipinski definition) is 0. The Morgan fingerprint density at radius 3 is 2.54 bits per heavy atom. The molecule has 0 saturated carbocycles. The van der Waals surface area contributed by atoms with Crippen molar-refractivity contribution in [1.29, 1.82) is 0 Å². The molecule has 1 aromatic rings. The first-order valence-corrected chi connectivity index (χ1v) is 10.6. The van der Waals surface area contributed by atoms with Gasteiger partial charge in [-0.25, -0.2) is 8.42 Å². The van der Waals surface area contributed by atoms with E-state index in [4.69, 9.17) is 16.3 Å². The Kier molecular flexibility index (Phi) is 6.34. The van der Waals surface area contributed by atoms with Crippen molar-refractivity contribution in [3.05, 3.63) is 40.3 Å². The molecule has 2 fully saturated rings. The molecule has 0 radical (unpaired) electrons. The quantitative estimate of drug-likeness (QED) is 0.779. The number of amides is 1. The molecule has 0 aliphatic carbocycles. The maximum absolute atomic E-state index is 12.7. The van der Waals surface area contributed by atoms with Crippen LogP contribution in [0.2, 0.25) is 5.02 Å². The molecule has 1 amide bonds. The molecular formula is C18H23ClN2O4S. The summed E-state index contributed by atoms with van der Waals surface area (Å²) >= 11 is 5.84. The van der Waals surface area contributed by atoms with Gasteiger partial charge in [-0.1, -0.05) is 23.7 Å². The maximum Gasteiger partial charge on any atom is 0.236 e. The molecule has 3 rings (SSSR count). The van der Waals surface area contributed by atoms with E-state index in [2.05, 4.69) is 0 Å². The van der Waals surface area contributed by atoms with E-state index >= 15 is 0 Å². The minimum Gasteiger partial charge on any atom is -0.378 e. The van der Waals surface area contributed by atoms with Crippen molar-refractivity contribution >= 4 is 33.6 Å². The van der Waals surface area contributed by atoms with Crippen molar-refractivity contribution in [2.75, 3.05) is 39.4 Å². The molecule has 26 heavy (non-hydrogen) atoms. The largest absolute Gasteiger partial charge is 0.378 e. The van der Waals surface area contributed by atoms with E-state index in [0.29, 0.717) is 44.3 Å². The lowest BCUT2D eigenvalue weighted by atomic mass is 9.98. The van der Waals surface area contributed by atoms with Crippen LogP contribution in [-0.4, -0.2) is 62.9 Å². The van der Waals surface area contributed by atoms with Crippen LogP contribution in [0.25, 0.3) is 6.08 Å². The number of nitrogens with zero attached hydrogens (tertiary/aromatic N) is 2. The number of halogens is 1. The van der Waals surface area contributed by atoms with E-state index in [1.807, 2.05) is 0 Å². The zero-order valence-electron chi connectivity index (χ0n) is 14.5. The van der Waals surface area contributed by atoms with Gasteiger partial charge < -0.3 is 9.64 Å². The minimum absolute atomic E-state index is 0.0369. The van der Waals surface area contributed by atoms with E-state index in [1.54, 1.807) is 35.2 Å². The molecule has 8 heteroatoms. The third kappa shape index (κ3) is 4.85. The highest BCUT2D eigenvalue weighted by atomic mass is 35.5. The first-order valence-electron chi connectivity index (χ1n) is 8.76. The summed E-state index contributed by atoms with van der Waals surface area (Å²) in [7, 11) is -3.56. The summed E-state index contributed by atoms with van der Waals surface area (Å²) in [6.45, 7) is 2.94. The number of carbonyl (C=O) groups excluding carboxylic acids is 1. The van der Waals surface area contributed by atoms with Crippen LogP contribution in [0.15, 0.2) is 29.7 Å². The number of hydrogen-bond acceptors (Lipinski definition) is 4. The van der Waals surface area contributed by atoms with Gasteiger partial charge in [0.15, 0.2) is 0 Å². The number of sulfonamides is 1. The first-order chi connectivity index (χ1) is 12.5. The number of carbonyl (C=O) groups is 1. The number of benzene rings is 1. The Balaban J connectivity index is 1.65. The highest BCUT2D eigenvalue weighted by Crippen LogP contribution is 2.23. The lowest BCUT2D eigenvalue weighted by Gasteiger charge is -2.35. The van der Waals surface area contributed by atoms with Crippen LogP contribution in [-0.2, 0) is 19.6 Å². The second-order valence-electron chi connectivity index (χ2n) is 6.53. The molecule has 0 N–H and O–H groups in total. The second kappa shape index (κ2) is 8.52. The molecule has 2 saturated heterocycles. The molecule has 2 aliphatic rings. The Morgan fingerprint density at radius 2 is 1.85 bits per heavy atom. The fraction of sp³-hybridized carbons (Fsp3) is 0.500. The van der Waals surface area contributed by atoms with Gasteiger partial charge in [-0.15, -0.1) is 0 Å². The van der Waals surface area contributed by atoms with Crippen molar-refractivity contribution < 1.29 is 17.9 Å². The van der Waals surface area contributed by atoms with Gasteiger partial charge in [-0.05, 0) is 36.6 Å². The normalized spacial score (nSPS) is 22.7. The molecule has 0 bridgehead atoms. The molecule has 0 aromatic heterocycles. The van der Waals surface area contributed by atoms with Crippen molar-refractivity contribution in [1.82, 2.24) is 9.21 Å². The Labute approximate surface area is 159 Å². The average Bonchev–Trinajstić information content (AvgIpc) is 2.68.